The zero-order valence-corrected chi connectivity index (χ0v) is 25.5. The zero-order chi connectivity index (χ0) is 30.0. The van der Waals surface area contributed by atoms with Gasteiger partial charge in [-0.1, -0.05) is 61.8 Å². The standard InChI is InChI=1S/C31H38ClN3O5S/c1-5-23(4)33-31(37)29(6-2)34(21-24-13-11-12-16-28(24)32)30(36)22-35(25-17-19-26(20-18-25)40-7-3)41(38,39)27-14-9-8-10-15-27/h8-20,23,29H,5-7,21-22H2,1-4H3,(H,33,37)/t23-,29-/m1/s1. The van der Waals surface area contributed by atoms with Crippen molar-refractivity contribution < 1.29 is 22.7 Å². The van der Waals surface area contributed by atoms with Crippen molar-refractivity contribution in [2.75, 3.05) is 17.5 Å². The Kier molecular flexibility index (Phi) is 11.6. The van der Waals surface area contributed by atoms with E-state index < -0.39 is 28.5 Å². The summed E-state index contributed by atoms with van der Waals surface area (Å²) in [5.41, 5.74) is 0.941. The Balaban J connectivity index is 2.06. The summed E-state index contributed by atoms with van der Waals surface area (Å²) in [4.78, 5) is 28.9. The molecule has 3 rings (SSSR count). The molecular weight excluding hydrogens is 562 g/mol. The summed E-state index contributed by atoms with van der Waals surface area (Å²) in [6.07, 6.45) is 1.05. The number of ether oxygens (including phenoxy) is 1. The third-order valence-corrected chi connectivity index (χ3v) is 8.89. The quantitative estimate of drug-likeness (QED) is 0.258. The number of benzene rings is 3. The van der Waals surface area contributed by atoms with Crippen LogP contribution in [0.2, 0.25) is 5.02 Å². The molecule has 0 bridgehead atoms. The normalized spacial score (nSPS) is 12.7. The number of halogens is 1. The van der Waals surface area contributed by atoms with Crippen LogP contribution in [-0.2, 0) is 26.2 Å². The van der Waals surface area contributed by atoms with E-state index in [1.165, 1.54) is 17.0 Å². The first kappa shape index (κ1) is 32.0. The molecule has 0 aliphatic carbocycles. The monoisotopic (exact) mass is 599 g/mol. The number of nitrogens with zero attached hydrogens (tertiary/aromatic N) is 2. The van der Waals surface area contributed by atoms with Crippen molar-refractivity contribution in [3.05, 3.63) is 89.4 Å². The van der Waals surface area contributed by atoms with Crippen LogP contribution in [0.1, 0.15) is 46.1 Å². The molecule has 0 spiro atoms. The maximum absolute atomic E-state index is 14.1. The Hall–Kier alpha value is -3.56. The van der Waals surface area contributed by atoms with Crippen LogP contribution >= 0.6 is 11.6 Å². The Bertz CT molecular complexity index is 1400. The first-order valence-corrected chi connectivity index (χ1v) is 15.6. The van der Waals surface area contributed by atoms with Crippen molar-refractivity contribution in [1.29, 1.82) is 0 Å². The van der Waals surface area contributed by atoms with Gasteiger partial charge in [-0.3, -0.25) is 13.9 Å². The summed E-state index contributed by atoms with van der Waals surface area (Å²) in [7, 11) is -4.15. The van der Waals surface area contributed by atoms with Crippen molar-refractivity contribution in [3.63, 3.8) is 0 Å². The fraction of sp³-hybridized carbons (Fsp3) is 0.355. The van der Waals surface area contributed by atoms with Crippen LogP contribution in [0.4, 0.5) is 5.69 Å². The van der Waals surface area contributed by atoms with Crippen LogP contribution in [0, 0.1) is 0 Å². The van der Waals surface area contributed by atoms with Gasteiger partial charge in [0.1, 0.15) is 18.3 Å². The van der Waals surface area contributed by atoms with E-state index in [1.807, 2.05) is 27.7 Å². The molecule has 3 aromatic rings. The molecule has 8 nitrogen and oxygen atoms in total. The molecule has 0 aromatic heterocycles. The van der Waals surface area contributed by atoms with Crippen LogP contribution in [0.3, 0.4) is 0 Å². The summed E-state index contributed by atoms with van der Waals surface area (Å²) in [6.45, 7) is 7.49. The molecular formula is C31H38ClN3O5S. The number of hydrogen-bond donors (Lipinski definition) is 1. The zero-order valence-electron chi connectivity index (χ0n) is 23.9. The molecule has 0 fully saturated rings. The molecule has 0 saturated heterocycles. The van der Waals surface area contributed by atoms with Crippen LogP contribution in [-0.4, -0.2) is 50.4 Å². The molecule has 220 valence electrons. The summed E-state index contributed by atoms with van der Waals surface area (Å²) < 4.78 is 34.4. The Labute approximate surface area is 248 Å². The van der Waals surface area contributed by atoms with Gasteiger partial charge in [-0.15, -0.1) is 0 Å². The summed E-state index contributed by atoms with van der Waals surface area (Å²) >= 11 is 6.45. The second kappa shape index (κ2) is 14.9. The first-order valence-electron chi connectivity index (χ1n) is 13.8. The molecule has 0 heterocycles. The van der Waals surface area contributed by atoms with Gasteiger partial charge in [0, 0.05) is 17.6 Å². The van der Waals surface area contributed by atoms with E-state index in [9.17, 15) is 18.0 Å². The second-order valence-corrected chi connectivity index (χ2v) is 11.9. The minimum atomic E-state index is -4.15. The van der Waals surface area contributed by atoms with E-state index in [-0.39, 0.29) is 23.4 Å². The fourth-order valence-corrected chi connectivity index (χ4v) is 5.93. The minimum Gasteiger partial charge on any atom is -0.494 e. The average molecular weight is 600 g/mol. The SMILES string of the molecule is CCOc1ccc(N(CC(=O)N(Cc2ccccc2Cl)[C@H](CC)C(=O)N[C@H](C)CC)S(=O)(=O)c2ccccc2)cc1. The van der Waals surface area contributed by atoms with Gasteiger partial charge in [0.15, 0.2) is 0 Å². The van der Waals surface area contributed by atoms with E-state index in [4.69, 9.17) is 16.3 Å². The molecule has 0 aliphatic heterocycles. The van der Waals surface area contributed by atoms with Crippen molar-refractivity contribution in [2.24, 2.45) is 0 Å². The van der Waals surface area contributed by atoms with Gasteiger partial charge in [0.2, 0.25) is 11.8 Å². The highest BCUT2D eigenvalue weighted by Crippen LogP contribution is 2.27. The van der Waals surface area contributed by atoms with Crippen molar-refractivity contribution in [2.45, 2.75) is 64.1 Å². The Morgan fingerprint density at radius 3 is 2.12 bits per heavy atom. The number of amides is 2. The highest BCUT2D eigenvalue weighted by Gasteiger charge is 2.34. The highest BCUT2D eigenvalue weighted by atomic mass is 35.5. The lowest BCUT2D eigenvalue weighted by molar-refractivity contribution is -0.140. The van der Waals surface area contributed by atoms with Gasteiger partial charge in [-0.2, -0.15) is 0 Å². The number of nitrogens with one attached hydrogen (secondary N) is 1. The molecule has 2 atom stereocenters. The average Bonchev–Trinajstić information content (AvgIpc) is 2.97. The minimum absolute atomic E-state index is 0.0352. The topological polar surface area (TPSA) is 96.0 Å². The number of carbonyl (C=O) groups excluding carboxylic acids is 2. The van der Waals surface area contributed by atoms with E-state index in [2.05, 4.69) is 5.32 Å². The van der Waals surface area contributed by atoms with Gasteiger partial charge in [-0.25, -0.2) is 8.42 Å². The van der Waals surface area contributed by atoms with Gasteiger partial charge >= 0.3 is 0 Å². The summed E-state index contributed by atoms with van der Waals surface area (Å²) in [6, 6.07) is 20.6. The van der Waals surface area contributed by atoms with Crippen LogP contribution in [0.25, 0.3) is 0 Å². The number of rotatable bonds is 14. The number of anilines is 1. The van der Waals surface area contributed by atoms with Crippen LogP contribution in [0.15, 0.2) is 83.8 Å². The lowest BCUT2D eigenvalue weighted by atomic mass is 10.1. The summed E-state index contributed by atoms with van der Waals surface area (Å²) in [5.74, 6) is -0.266. The fourth-order valence-electron chi connectivity index (χ4n) is 4.29. The highest BCUT2D eigenvalue weighted by molar-refractivity contribution is 7.92. The molecule has 0 radical (unpaired) electrons. The smallest absolute Gasteiger partial charge is 0.264 e. The molecule has 2 amide bonds. The number of carbonyl (C=O) groups is 2. The van der Waals surface area contributed by atoms with Gasteiger partial charge in [-0.05, 0) is 74.7 Å². The van der Waals surface area contributed by atoms with E-state index >= 15 is 0 Å². The third kappa shape index (κ3) is 8.24. The summed E-state index contributed by atoms with van der Waals surface area (Å²) in [5, 5.41) is 3.41. The molecule has 41 heavy (non-hydrogen) atoms. The van der Waals surface area contributed by atoms with Gasteiger partial charge < -0.3 is 15.0 Å². The number of sulfonamides is 1. The van der Waals surface area contributed by atoms with Crippen molar-refractivity contribution in [3.8, 4) is 5.75 Å². The van der Waals surface area contributed by atoms with Gasteiger partial charge in [0.25, 0.3) is 10.0 Å². The molecule has 1 N–H and O–H groups in total. The lowest BCUT2D eigenvalue weighted by Crippen LogP contribution is -2.53. The molecule has 10 heteroatoms. The lowest BCUT2D eigenvalue weighted by Gasteiger charge is -2.34. The third-order valence-electron chi connectivity index (χ3n) is 6.73. The van der Waals surface area contributed by atoms with Crippen LogP contribution < -0.4 is 14.4 Å². The van der Waals surface area contributed by atoms with Crippen molar-refractivity contribution in [1.82, 2.24) is 10.2 Å². The van der Waals surface area contributed by atoms with E-state index in [0.717, 1.165) is 10.7 Å². The number of hydrogen-bond acceptors (Lipinski definition) is 5. The Morgan fingerprint density at radius 2 is 1.54 bits per heavy atom. The van der Waals surface area contributed by atoms with E-state index in [1.54, 1.807) is 66.7 Å². The van der Waals surface area contributed by atoms with E-state index in [0.29, 0.717) is 35.1 Å². The van der Waals surface area contributed by atoms with Gasteiger partial charge in [0.05, 0.1) is 17.2 Å². The molecule has 0 aliphatic rings. The molecule has 0 saturated carbocycles. The van der Waals surface area contributed by atoms with Crippen molar-refractivity contribution >= 4 is 39.1 Å². The first-order chi connectivity index (χ1) is 19.6. The van der Waals surface area contributed by atoms with Crippen LogP contribution in [0.5, 0.6) is 5.75 Å². The second-order valence-electron chi connectivity index (χ2n) is 9.61. The maximum Gasteiger partial charge on any atom is 0.264 e. The largest absolute Gasteiger partial charge is 0.494 e. The maximum atomic E-state index is 14.1. The molecule has 0 unspecified atom stereocenters. The predicted molar refractivity (Wildman–Crippen MR) is 163 cm³/mol. The predicted octanol–water partition coefficient (Wildman–Crippen LogP) is 5.66. The molecule has 3 aromatic carbocycles. The Morgan fingerprint density at radius 1 is 0.902 bits per heavy atom.